The van der Waals surface area contributed by atoms with Crippen LogP contribution in [0.5, 0.6) is 0 Å². The van der Waals surface area contributed by atoms with Crippen molar-refractivity contribution in [3.8, 4) is 0 Å². The molecule has 0 saturated heterocycles. The normalized spacial score (nSPS) is 24.7. The molecule has 0 amide bonds. The summed E-state index contributed by atoms with van der Waals surface area (Å²) < 4.78 is 5.14. The summed E-state index contributed by atoms with van der Waals surface area (Å²) in [6.07, 6.45) is 13.7. The molecule has 0 aliphatic heterocycles. The van der Waals surface area contributed by atoms with E-state index in [1.165, 1.54) is 12.8 Å². The molecule has 21 heavy (non-hydrogen) atoms. The third-order valence-electron chi connectivity index (χ3n) is 4.41. The zero-order valence-corrected chi connectivity index (χ0v) is 13.7. The highest BCUT2D eigenvalue weighted by atomic mass is 16.5. The standard InChI is InChI=1S/C18H30O3/c1-15(2)9-5-4-7-12-18(17(19)20)13-8-6-10-16(18)11-14-21-3/h6,8,10,13,15-16H,4-5,7,9,11-12,14H2,1-3H3,(H,19,20). The molecule has 1 rings (SSSR count). The van der Waals surface area contributed by atoms with E-state index in [0.29, 0.717) is 6.61 Å². The molecule has 120 valence electrons. The Morgan fingerprint density at radius 3 is 2.67 bits per heavy atom. The van der Waals surface area contributed by atoms with Gasteiger partial charge in [0.1, 0.15) is 0 Å². The van der Waals surface area contributed by atoms with Crippen LogP contribution in [0, 0.1) is 17.3 Å². The van der Waals surface area contributed by atoms with Gasteiger partial charge in [0.25, 0.3) is 0 Å². The SMILES string of the molecule is COCCC1C=CC=CC1(CCCCCC(C)C)C(=O)O. The number of methoxy groups -OCH3 is 1. The summed E-state index contributed by atoms with van der Waals surface area (Å²) in [7, 11) is 1.66. The molecule has 1 aliphatic rings. The van der Waals surface area contributed by atoms with Crippen LogP contribution in [0.15, 0.2) is 24.3 Å². The van der Waals surface area contributed by atoms with Gasteiger partial charge in [0.05, 0.1) is 5.41 Å². The monoisotopic (exact) mass is 294 g/mol. The van der Waals surface area contributed by atoms with Crippen LogP contribution in [0.3, 0.4) is 0 Å². The van der Waals surface area contributed by atoms with Crippen LogP contribution in [-0.2, 0) is 9.53 Å². The van der Waals surface area contributed by atoms with Crippen molar-refractivity contribution in [1.29, 1.82) is 0 Å². The maximum atomic E-state index is 11.9. The predicted molar refractivity (Wildman–Crippen MR) is 86.3 cm³/mol. The number of aliphatic carboxylic acids is 1. The third-order valence-corrected chi connectivity index (χ3v) is 4.41. The molecule has 0 heterocycles. The number of rotatable bonds is 10. The predicted octanol–water partition coefficient (Wildman–Crippen LogP) is 4.44. The Labute approximate surface area is 129 Å². The minimum Gasteiger partial charge on any atom is -0.481 e. The molecule has 3 heteroatoms. The maximum absolute atomic E-state index is 11.9. The average Bonchev–Trinajstić information content (AvgIpc) is 2.45. The number of hydrogen-bond donors (Lipinski definition) is 1. The van der Waals surface area contributed by atoms with E-state index < -0.39 is 11.4 Å². The van der Waals surface area contributed by atoms with Gasteiger partial charge in [-0.05, 0) is 24.7 Å². The van der Waals surface area contributed by atoms with Crippen molar-refractivity contribution < 1.29 is 14.6 Å². The molecule has 0 aromatic carbocycles. The molecular weight excluding hydrogens is 264 g/mol. The molecule has 0 aromatic rings. The first-order valence-corrected chi connectivity index (χ1v) is 8.11. The minimum absolute atomic E-state index is 0.0325. The number of allylic oxidation sites excluding steroid dienone is 3. The van der Waals surface area contributed by atoms with Gasteiger partial charge in [-0.3, -0.25) is 4.79 Å². The Morgan fingerprint density at radius 2 is 2.05 bits per heavy atom. The van der Waals surface area contributed by atoms with Crippen molar-refractivity contribution in [1.82, 2.24) is 0 Å². The van der Waals surface area contributed by atoms with Gasteiger partial charge in [-0.15, -0.1) is 0 Å². The molecular formula is C18H30O3. The fraction of sp³-hybridized carbons (Fsp3) is 0.722. The topological polar surface area (TPSA) is 46.5 Å². The van der Waals surface area contributed by atoms with Crippen LogP contribution in [0.2, 0.25) is 0 Å². The number of ether oxygens (including phenoxy) is 1. The lowest BCUT2D eigenvalue weighted by Crippen LogP contribution is -2.38. The molecule has 0 bridgehead atoms. The molecule has 1 N–H and O–H groups in total. The van der Waals surface area contributed by atoms with Crippen LogP contribution in [-0.4, -0.2) is 24.8 Å². The van der Waals surface area contributed by atoms with Gasteiger partial charge in [-0.2, -0.15) is 0 Å². The summed E-state index contributed by atoms with van der Waals surface area (Å²) in [4.78, 5) is 11.9. The molecule has 3 nitrogen and oxygen atoms in total. The van der Waals surface area contributed by atoms with Crippen molar-refractivity contribution in [2.45, 2.75) is 52.4 Å². The summed E-state index contributed by atoms with van der Waals surface area (Å²) >= 11 is 0. The molecule has 1 aliphatic carbocycles. The number of unbranched alkanes of at least 4 members (excludes halogenated alkanes) is 2. The number of hydrogen-bond acceptors (Lipinski definition) is 2. The van der Waals surface area contributed by atoms with Crippen molar-refractivity contribution >= 4 is 5.97 Å². The lowest BCUT2D eigenvalue weighted by molar-refractivity contribution is -0.149. The summed E-state index contributed by atoms with van der Waals surface area (Å²) in [6, 6.07) is 0. The number of carboxylic acids is 1. The van der Waals surface area contributed by atoms with Gasteiger partial charge in [-0.1, -0.05) is 63.8 Å². The second-order valence-electron chi connectivity index (χ2n) is 6.47. The fourth-order valence-electron chi connectivity index (χ4n) is 3.07. The van der Waals surface area contributed by atoms with E-state index >= 15 is 0 Å². The van der Waals surface area contributed by atoms with Gasteiger partial charge in [0, 0.05) is 13.7 Å². The fourth-order valence-corrected chi connectivity index (χ4v) is 3.07. The van der Waals surface area contributed by atoms with Gasteiger partial charge in [0.15, 0.2) is 0 Å². The lowest BCUT2D eigenvalue weighted by atomic mass is 9.68. The van der Waals surface area contributed by atoms with Gasteiger partial charge in [-0.25, -0.2) is 0 Å². The largest absolute Gasteiger partial charge is 0.481 e. The lowest BCUT2D eigenvalue weighted by Gasteiger charge is -2.35. The molecule has 2 atom stereocenters. The van der Waals surface area contributed by atoms with E-state index in [-0.39, 0.29) is 5.92 Å². The van der Waals surface area contributed by atoms with Crippen LogP contribution >= 0.6 is 0 Å². The van der Waals surface area contributed by atoms with Crippen LogP contribution in [0.4, 0.5) is 0 Å². The third kappa shape index (κ3) is 5.31. The van der Waals surface area contributed by atoms with Gasteiger partial charge in [0.2, 0.25) is 0 Å². The van der Waals surface area contributed by atoms with Crippen LogP contribution < -0.4 is 0 Å². The first-order chi connectivity index (χ1) is 10.0. The first kappa shape index (κ1) is 18.0. The van der Waals surface area contributed by atoms with Gasteiger partial charge >= 0.3 is 5.97 Å². The second kappa shape index (κ2) is 9.04. The van der Waals surface area contributed by atoms with Crippen LogP contribution in [0.25, 0.3) is 0 Å². The Bertz CT molecular complexity index is 371. The Kier molecular flexibility index (Phi) is 7.73. The molecule has 0 fully saturated rings. The highest BCUT2D eigenvalue weighted by Crippen LogP contribution is 2.41. The van der Waals surface area contributed by atoms with Crippen LogP contribution in [0.1, 0.15) is 52.4 Å². The Morgan fingerprint density at radius 1 is 1.29 bits per heavy atom. The van der Waals surface area contributed by atoms with E-state index in [9.17, 15) is 9.90 Å². The quantitative estimate of drug-likeness (QED) is 0.606. The van der Waals surface area contributed by atoms with E-state index in [1.54, 1.807) is 7.11 Å². The van der Waals surface area contributed by atoms with E-state index in [2.05, 4.69) is 13.8 Å². The summed E-state index contributed by atoms with van der Waals surface area (Å²) in [6.45, 7) is 5.06. The molecule has 0 radical (unpaired) electrons. The zero-order valence-electron chi connectivity index (χ0n) is 13.7. The highest BCUT2D eigenvalue weighted by Gasteiger charge is 2.42. The summed E-state index contributed by atoms with van der Waals surface area (Å²) in [5.74, 6) is 0.0588. The van der Waals surface area contributed by atoms with E-state index in [4.69, 9.17) is 4.74 Å². The van der Waals surface area contributed by atoms with Crippen molar-refractivity contribution in [3.05, 3.63) is 24.3 Å². The smallest absolute Gasteiger partial charge is 0.314 e. The highest BCUT2D eigenvalue weighted by molar-refractivity contribution is 5.78. The summed E-state index contributed by atoms with van der Waals surface area (Å²) in [5.41, 5.74) is -0.745. The minimum atomic E-state index is -0.745. The van der Waals surface area contributed by atoms with Crippen molar-refractivity contribution in [2.75, 3.05) is 13.7 Å². The maximum Gasteiger partial charge on any atom is 0.314 e. The zero-order chi connectivity index (χ0) is 15.7. The molecule has 0 saturated carbocycles. The molecule has 2 unspecified atom stereocenters. The number of carboxylic acid groups (broad SMARTS) is 1. The second-order valence-corrected chi connectivity index (χ2v) is 6.47. The average molecular weight is 294 g/mol. The Balaban J connectivity index is 2.61. The molecule has 0 spiro atoms. The van der Waals surface area contributed by atoms with Crippen molar-refractivity contribution in [2.24, 2.45) is 17.3 Å². The van der Waals surface area contributed by atoms with Crippen molar-refractivity contribution in [3.63, 3.8) is 0 Å². The van der Waals surface area contributed by atoms with E-state index in [1.807, 2.05) is 24.3 Å². The van der Waals surface area contributed by atoms with E-state index in [0.717, 1.165) is 31.6 Å². The molecule has 0 aromatic heterocycles. The van der Waals surface area contributed by atoms with Gasteiger partial charge < -0.3 is 9.84 Å². The Hall–Kier alpha value is -1.09. The number of carbonyl (C=O) groups is 1. The summed E-state index contributed by atoms with van der Waals surface area (Å²) in [5, 5.41) is 9.78. The first-order valence-electron chi connectivity index (χ1n) is 8.11.